The number of nitrogens with one attached hydrogen (secondary N) is 2. The Morgan fingerprint density at radius 1 is 1.19 bits per heavy atom. The number of aromatic nitrogens is 1. The van der Waals surface area contributed by atoms with Gasteiger partial charge in [-0.2, -0.15) is 0 Å². The molecule has 0 spiro atoms. The molecule has 0 fully saturated rings. The summed E-state index contributed by atoms with van der Waals surface area (Å²) in [4.78, 5) is 4.20. The number of hydrogen-bond donors (Lipinski definition) is 2. The lowest BCUT2D eigenvalue weighted by Crippen LogP contribution is -2.37. The molecule has 0 bridgehead atoms. The highest BCUT2D eigenvalue weighted by molar-refractivity contribution is 14.0. The van der Waals surface area contributed by atoms with Crippen molar-refractivity contribution in [1.82, 2.24) is 15.8 Å². The van der Waals surface area contributed by atoms with E-state index in [1.807, 2.05) is 30.3 Å². The average Bonchev–Trinajstić information content (AvgIpc) is 3.14. The molecule has 1 heterocycles. The maximum absolute atomic E-state index is 5.70. The summed E-state index contributed by atoms with van der Waals surface area (Å²) >= 11 is 0. The fraction of sp³-hybridized carbons (Fsp3) is 0.474. The molecule has 0 aliphatic rings. The molecular formula is C19H29IN4O3. The summed E-state index contributed by atoms with van der Waals surface area (Å²) in [5.41, 5.74) is 0.959. The molecule has 0 saturated carbocycles. The Kier molecular flexibility index (Phi) is 10.6. The standard InChI is InChI=1S/C19H28N4O3.HI/c1-14(2)18-12-17(26-23-18)13-22-19(20-3)21-10-5-11-25-16-8-6-15(24-4)7-9-16;/h6-9,12,14H,5,10-11,13H2,1-4H3,(H2,20,21,22);1H. The number of aliphatic imine (C=N–C) groups is 1. The van der Waals surface area contributed by atoms with Crippen LogP contribution in [-0.2, 0) is 6.54 Å². The fourth-order valence-electron chi connectivity index (χ4n) is 2.22. The SMILES string of the molecule is CN=C(NCCCOc1ccc(OC)cc1)NCc1cc(C(C)C)no1.I. The van der Waals surface area contributed by atoms with Crippen LogP contribution in [0.1, 0.15) is 37.6 Å². The molecule has 7 nitrogen and oxygen atoms in total. The molecule has 2 aromatic rings. The topological polar surface area (TPSA) is 80.9 Å². The van der Waals surface area contributed by atoms with Crippen LogP contribution in [0.5, 0.6) is 11.5 Å². The van der Waals surface area contributed by atoms with Gasteiger partial charge in [0.1, 0.15) is 11.5 Å². The molecule has 2 rings (SSSR count). The zero-order valence-electron chi connectivity index (χ0n) is 16.3. The zero-order valence-corrected chi connectivity index (χ0v) is 18.7. The van der Waals surface area contributed by atoms with Crippen LogP contribution in [0.25, 0.3) is 0 Å². The maximum atomic E-state index is 5.70. The number of hydrogen-bond acceptors (Lipinski definition) is 5. The van der Waals surface area contributed by atoms with Gasteiger partial charge in [-0.05, 0) is 36.6 Å². The number of benzene rings is 1. The van der Waals surface area contributed by atoms with E-state index in [4.69, 9.17) is 14.0 Å². The molecule has 0 atom stereocenters. The molecule has 0 amide bonds. The minimum absolute atomic E-state index is 0. The van der Waals surface area contributed by atoms with Gasteiger partial charge in [0.2, 0.25) is 0 Å². The van der Waals surface area contributed by atoms with Gasteiger partial charge in [-0.25, -0.2) is 0 Å². The Balaban J connectivity index is 0.00000364. The number of methoxy groups -OCH3 is 1. The van der Waals surface area contributed by atoms with Gasteiger partial charge >= 0.3 is 0 Å². The van der Waals surface area contributed by atoms with Crippen molar-refractivity contribution in [2.24, 2.45) is 4.99 Å². The largest absolute Gasteiger partial charge is 0.497 e. The van der Waals surface area contributed by atoms with Crippen LogP contribution < -0.4 is 20.1 Å². The second kappa shape index (κ2) is 12.4. The summed E-state index contributed by atoms with van der Waals surface area (Å²) in [6.07, 6.45) is 0.854. The fourth-order valence-corrected chi connectivity index (χ4v) is 2.22. The lowest BCUT2D eigenvalue weighted by Gasteiger charge is -2.11. The van der Waals surface area contributed by atoms with Crippen molar-refractivity contribution in [3.05, 3.63) is 41.8 Å². The van der Waals surface area contributed by atoms with Crippen LogP contribution in [0.15, 0.2) is 39.8 Å². The number of rotatable bonds is 9. The monoisotopic (exact) mass is 488 g/mol. The summed E-state index contributed by atoms with van der Waals surface area (Å²) in [5.74, 6) is 3.52. The minimum Gasteiger partial charge on any atom is -0.497 e. The van der Waals surface area contributed by atoms with Crippen LogP contribution in [-0.4, -0.2) is 38.4 Å². The molecule has 0 saturated heterocycles. The van der Waals surface area contributed by atoms with E-state index in [9.17, 15) is 0 Å². The average molecular weight is 488 g/mol. The molecule has 1 aromatic heterocycles. The number of guanidine groups is 1. The second-order valence-electron chi connectivity index (χ2n) is 6.10. The van der Waals surface area contributed by atoms with Gasteiger partial charge in [-0.15, -0.1) is 24.0 Å². The number of nitrogens with zero attached hydrogens (tertiary/aromatic N) is 2. The molecular weight excluding hydrogens is 459 g/mol. The Hall–Kier alpha value is -1.97. The van der Waals surface area contributed by atoms with Crippen LogP contribution in [0.4, 0.5) is 0 Å². The van der Waals surface area contributed by atoms with Crippen molar-refractivity contribution in [1.29, 1.82) is 0 Å². The minimum atomic E-state index is 0. The van der Waals surface area contributed by atoms with Gasteiger partial charge in [0.05, 0.1) is 26.0 Å². The van der Waals surface area contributed by atoms with E-state index >= 15 is 0 Å². The highest BCUT2D eigenvalue weighted by Gasteiger charge is 2.08. The molecule has 2 N–H and O–H groups in total. The third-order valence-corrected chi connectivity index (χ3v) is 3.76. The summed E-state index contributed by atoms with van der Waals surface area (Å²) < 4.78 is 16.1. The van der Waals surface area contributed by atoms with Crippen molar-refractivity contribution in [2.45, 2.75) is 32.7 Å². The lowest BCUT2D eigenvalue weighted by molar-refractivity contribution is 0.310. The first-order chi connectivity index (χ1) is 12.6. The molecule has 150 valence electrons. The molecule has 1 aromatic carbocycles. The van der Waals surface area contributed by atoms with E-state index in [0.29, 0.717) is 19.1 Å². The Labute approximate surface area is 177 Å². The predicted octanol–water partition coefficient (Wildman–Crippen LogP) is 3.56. The van der Waals surface area contributed by atoms with E-state index in [1.165, 1.54) is 0 Å². The molecule has 27 heavy (non-hydrogen) atoms. The van der Waals surface area contributed by atoms with E-state index in [1.54, 1.807) is 14.2 Å². The van der Waals surface area contributed by atoms with Crippen molar-refractivity contribution < 1.29 is 14.0 Å². The third kappa shape index (κ3) is 8.06. The number of ether oxygens (including phenoxy) is 2. The van der Waals surface area contributed by atoms with Crippen LogP contribution in [0.3, 0.4) is 0 Å². The molecule has 0 aliphatic heterocycles. The van der Waals surface area contributed by atoms with Gasteiger partial charge < -0.3 is 24.6 Å². The Morgan fingerprint density at radius 3 is 2.48 bits per heavy atom. The smallest absolute Gasteiger partial charge is 0.191 e. The Morgan fingerprint density at radius 2 is 1.89 bits per heavy atom. The van der Waals surface area contributed by atoms with E-state index in [-0.39, 0.29) is 24.0 Å². The second-order valence-corrected chi connectivity index (χ2v) is 6.10. The summed E-state index contributed by atoms with van der Waals surface area (Å²) in [7, 11) is 3.39. The molecule has 0 radical (unpaired) electrons. The van der Waals surface area contributed by atoms with Gasteiger partial charge in [-0.1, -0.05) is 19.0 Å². The van der Waals surface area contributed by atoms with Crippen LogP contribution in [0.2, 0.25) is 0 Å². The van der Waals surface area contributed by atoms with Crippen molar-refractivity contribution >= 4 is 29.9 Å². The zero-order chi connectivity index (χ0) is 18.8. The first kappa shape index (κ1) is 23.1. The van der Waals surface area contributed by atoms with Gasteiger partial charge in [-0.3, -0.25) is 4.99 Å². The maximum Gasteiger partial charge on any atom is 0.191 e. The normalized spacial score (nSPS) is 11.1. The molecule has 0 unspecified atom stereocenters. The predicted molar refractivity (Wildman–Crippen MR) is 117 cm³/mol. The summed E-state index contributed by atoms with van der Waals surface area (Å²) in [5, 5.41) is 10.5. The highest BCUT2D eigenvalue weighted by atomic mass is 127. The number of halogens is 1. The molecule has 8 heteroatoms. The van der Waals surface area contributed by atoms with Crippen molar-refractivity contribution in [3.63, 3.8) is 0 Å². The lowest BCUT2D eigenvalue weighted by atomic mass is 10.1. The van der Waals surface area contributed by atoms with Gasteiger partial charge in [0.15, 0.2) is 11.7 Å². The summed E-state index contributed by atoms with van der Waals surface area (Å²) in [6.45, 7) is 6.09. The summed E-state index contributed by atoms with van der Waals surface area (Å²) in [6, 6.07) is 9.53. The highest BCUT2D eigenvalue weighted by Crippen LogP contribution is 2.17. The van der Waals surface area contributed by atoms with Crippen LogP contribution in [0, 0.1) is 0 Å². The third-order valence-electron chi connectivity index (χ3n) is 3.76. The van der Waals surface area contributed by atoms with Crippen molar-refractivity contribution in [2.75, 3.05) is 27.3 Å². The first-order valence-electron chi connectivity index (χ1n) is 8.79. The Bertz CT molecular complexity index is 687. The van der Waals surface area contributed by atoms with Gasteiger partial charge in [0, 0.05) is 19.7 Å². The van der Waals surface area contributed by atoms with Crippen molar-refractivity contribution in [3.8, 4) is 11.5 Å². The van der Waals surface area contributed by atoms with Gasteiger partial charge in [0.25, 0.3) is 0 Å². The van der Waals surface area contributed by atoms with E-state index in [2.05, 4.69) is 34.6 Å². The van der Waals surface area contributed by atoms with E-state index < -0.39 is 0 Å². The van der Waals surface area contributed by atoms with Crippen LogP contribution >= 0.6 is 24.0 Å². The quantitative estimate of drug-likeness (QED) is 0.243. The molecule has 0 aliphatic carbocycles. The first-order valence-corrected chi connectivity index (χ1v) is 8.79. The van der Waals surface area contributed by atoms with E-state index in [0.717, 1.165) is 41.9 Å².